The van der Waals surface area contributed by atoms with Gasteiger partial charge in [-0.05, 0) is 30.0 Å². The third-order valence-electron chi connectivity index (χ3n) is 4.92. The minimum Gasteiger partial charge on any atom is -0.486 e. The molecule has 4 N–H and O–H groups in total. The van der Waals surface area contributed by atoms with Crippen molar-refractivity contribution in [2.75, 3.05) is 32.8 Å². The number of fused-ring (bicyclic) bond motifs is 1. The van der Waals surface area contributed by atoms with Crippen molar-refractivity contribution in [2.45, 2.75) is 26.3 Å². The van der Waals surface area contributed by atoms with Gasteiger partial charge >= 0.3 is 5.97 Å². The van der Waals surface area contributed by atoms with Crippen LogP contribution in [0, 0.1) is 17.8 Å². The zero-order valence-electron chi connectivity index (χ0n) is 15.5. The van der Waals surface area contributed by atoms with Crippen molar-refractivity contribution in [1.82, 2.24) is 16.2 Å². The first kappa shape index (κ1) is 18.9. The van der Waals surface area contributed by atoms with E-state index in [0.29, 0.717) is 38.0 Å². The summed E-state index contributed by atoms with van der Waals surface area (Å²) in [6.07, 6.45) is 0.690. The zero-order chi connectivity index (χ0) is 18.5. The second-order valence-corrected chi connectivity index (χ2v) is 7.49. The average Bonchev–Trinajstić information content (AvgIpc) is 3.08. The van der Waals surface area contributed by atoms with Gasteiger partial charge in [-0.2, -0.15) is 0 Å². The van der Waals surface area contributed by atoms with Gasteiger partial charge in [0, 0.05) is 25.6 Å². The Labute approximate surface area is 154 Å². The van der Waals surface area contributed by atoms with Crippen molar-refractivity contribution in [3.63, 3.8) is 0 Å². The Balaban J connectivity index is 1.57. The molecule has 1 aromatic rings. The lowest BCUT2D eigenvalue weighted by atomic mass is 9.93. The number of rotatable bonds is 8. The minimum absolute atomic E-state index is 0.145. The molecule has 3 atom stereocenters. The molecular weight excluding hydrogens is 334 g/mol. The van der Waals surface area contributed by atoms with E-state index < -0.39 is 5.97 Å². The number of hydrogen-bond acceptors (Lipinski definition) is 6. The topological polar surface area (TPSA) is 91.9 Å². The van der Waals surface area contributed by atoms with E-state index in [-0.39, 0.29) is 12.0 Å². The summed E-state index contributed by atoms with van der Waals surface area (Å²) < 4.78 is 11.3. The summed E-state index contributed by atoms with van der Waals surface area (Å²) >= 11 is 0. The van der Waals surface area contributed by atoms with Crippen LogP contribution in [-0.4, -0.2) is 43.9 Å². The maximum atomic E-state index is 11.4. The van der Waals surface area contributed by atoms with Gasteiger partial charge < -0.3 is 19.9 Å². The second-order valence-electron chi connectivity index (χ2n) is 7.49. The third-order valence-corrected chi connectivity index (χ3v) is 4.92. The van der Waals surface area contributed by atoms with E-state index in [1.165, 1.54) is 0 Å². The molecule has 144 valence electrons. The van der Waals surface area contributed by atoms with E-state index in [9.17, 15) is 9.90 Å². The Morgan fingerprint density at radius 2 is 2.08 bits per heavy atom. The number of nitrogens with one attached hydrogen (secondary N) is 3. The van der Waals surface area contributed by atoms with E-state index in [1.54, 1.807) is 0 Å². The molecule has 7 nitrogen and oxygen atoms in total. The van der Waals surface area contributed by atoms with E-state index in [0.717, 1.165) is 30.2 Å². The zero-order valence-corrected chi connectivity index (χ0v) is 15.5. The molecule has 0 amide bonds. The van der Waals surface area contributed by atoms with Crippen molar-refractivity contribution in [1.29, 1.82) is 0 Å². The standard InChI is InChI=1S/C19H29N3O4/c1-12(2)7-14(19(23)24)9-20-10-15-11-21-22-18(15)13-3-4-16-17(8-13)26-6-5-25-16/h3-4,8,12,14-15,18,20-22H,5-7,9-11H2,1-2H3,(H,23,24). The Hall–Kier alpha value is -1.83. The molecule has 0 spiro atoms. The predicted molar refractivity (Wildman–Crippen MR) is 98.3 cm³/mol. The number of carboxylic acids is 1. The van der Waals surface area contributed by atoms with Crippen molar-refractivity contribution < 1.29 is 19.4 Å². The molecule has 26 heavy (non-hydrogen) atoms. The average molecular weight is 363 g/mol. The molecule has 1 aromatic carbocycles. The van der Waals surface area contributed by atoms with Crippen LogP contribution < -0.4 is 25.6 Å². The lowest BCUT2D eigenvalue weighted by Crippen LogP contribution is -2.34. The van der Waals surface area contributed by atoms with Crippen molar-refractivity contribution in [3.05, 3.63) is 23.8 Å². The first-order valence-corrected chi connectivity index (χ1v) is 9.36. The predicted octanol–water partition coefficient (Wildman–Crippen LogP) is 1.56. The highest BCUT2D eigenvalue weighted by atomic mass is 16.6. The number of carbonyl (C=O) groups is 1. The molecule has 0 radical (unpaired) electrons. The SMILES string of the molecule is CC(C)CC(CNCC1CNNC1c1ccc2c(c1)OCCO2)C(=O)O. The van der Waals surface area contributed by atoms with Gasteiger partial charge in [0.25, 0.3) is 0 Å². The van der Waals surface area contributed by atoms with E-state index in [4.69, 9.17) is 9.47 Å². The molecule has 0 aromatic heterocycles. The number of hydrogen-bond donors (Lipinski definition) is 4. The van der Waals surface area contributed by atoms with Gasteiger partial charge in [-0.15, -0.1) is 0 Å². The number of carboxylic acid groups (broad SMARTS) is 1. The van der Waals surface area contributed by atoms with Crippen molar-refractivity contribution >= 4 is 5.97 Å². The van der Waals surface area contributed by atoms with Crippen molar-refractivity contribution in [2.24, 2.45) is 17.8 Å². The maximum absolute atomic E-state index is 11.4. The number of hydrazine groups is 1. The highest BCUT2D eigenvalue weighted by Gasteiger charge is 2.29. The lowest BCUT2D eigenvalue weighted by Gasteiger charge is -2.23. The Bertz CT molecular complexity index is 623. The Morgan fingerprint density at radius 3 is 2.81 bits per heavy atom. The highest BCUT2D eigenvalue weighted by molar-refractivity contribution is 5.70. The smallest absolute Gasteiger partial charge is 0.307 e. The summed E-state index contributed by atoms with van der Waals surface area (Å²) in [4.78, 5) is 11.4. The van der Waals surface area contributed by atoms with E-state index in [2.05, 4.69) is 36.1 Å². The fourth-order valence-corrected chi connectivity index (χ4v) is 3.62. The molecule has 2 aliphatic heterocycles. The maximum Gasteiger partial charge on any atom is 0.307 e. The van der Waals surface area contributed by atoms with Crippen LogP contribution in [0.4, 0.5) is 0 Å². The molecule has 1 saturated heterocycles. The van der Waals surface area contributed by atoms with Crippen LogP contribution in [0.2, 0.25) is 0 Å². The molecule has 1 fully saturated rings. The van der Waals surface area contributed by atoms with E-state index in [1.807, 2.05) is 12.1 Å². The van der Waals surface area contributed by atoms with Gasteiger partial charge in [-0.25, -0.2) is 5.43 Å². The van der Waals surface area contributed by atoms with Crippen LogP contribution in [0.3, 0.4) is 0 Å². The minimum atomic E-state index is -0.725. The number of ether oxygens (including phenoxy) is 2. The number of aliphatic carboxylic acids is 1. The van der Waals surface area contributed by atoms with Gasteiger partial charge in [-0.1, -0.05) is 19.9 Å². The largest absolute Gasteiger partial charge is 0.486 e. The molecule has 3 unspecified atom stereocenters. The monoisotopic (exact) mass is 363 g/mol. The summed E-state index contributed by atoms with van der Waals surface area (Å²) in [5.74, 6) is 1.21. The first-order chi connectivity index (χ1) is 12.5. The van der Waals surface area contributed by atoms with Crippen LogP contribution in [0.25, 0.3) is 0 Å². The van der Waals surface area contributed by atoms with Crippen LogP contribution in [-0.2, 0) is 4.79 Å². The molecule has 0 bridgehead atoms. The van der Waals surface area contributed by atoms with Gasteiger partial charge in [-0.3, -0.25) is 10.2 Å². The normalized spacial score (nSPS) is 23.2. The molecule has 2 aliphatic rings. The van der Waals surface area contributed by atoms with Gasteiger partial charge in [0.2, 0.25) is 0 Å². The first-order valence-electron chi connectivity index (χ1n) is 9.36. The molecular formula is C19H29N3O4. The summed E-state index contributed by atoms with van der Waals surface area (Å²) in [6, 6.07) is 6.19. The second kappa shape index (κ2) is 8.70. The van der Waals surface area contributed by atoms with Crippen LogP contribution in [0.1, 0.15) is 31.9 Å². The molecule has 2 heterocycles. The highest BCUT2D eigenvalue weighted by Crippen LogP contribution is 2.35. The number of benzene rings is 1. The Kier molecular flexibility index (Phi) is 6.34. The van der Waals surface area contributed by atoms with Gasteiger partial charge in [0.1, 0.15) is 13.2 Å². The molecule has 0 aliphatic carbocycles. The molecule has 3 rings (SSSR count). The molecule has 0 saturated carbocycles. The van der Waals surface area contributed by atoms with Crippen molar-refractivity contribution in [3.8, 4) is 11.5 Å². The van der Waals surface area contributed by atoms with Crippen LogP contribution in [0.15, 0.2) is 18.2 Å². The summed E-state index contributed by atoms with van der Waals surface area (Å²) in [6.45, 7) is 7.34. The Morgan fingerprint density at radius 1 is 1.31 bits per heavy atom. The van der Waals surface area contributed by atoms with Crippen LogP contribution in [0.5, 0.6) is 11.5 Å². The van der Waals surface area contributed by atoms with Gasteiger partial charge in [0.05, 0.1) is 12.0 Å². The molecule has 7 heteroatoms. The fraction of sp³-hybridized carbons (Fsp3) is 0.632. The van der Waals surface area contributed by atoms with E-state index >= 15 is 0 Å². The fourth-order valence-electron chi connectivity index (χ4n) is 3.62. The van der Waals surface area contributed by atoms with Gasteiger partial charge in [0.15, 0.2) is 11.5 Å². The summed E-state index contributed by atoms with van der Waals surface area (Å²) in [5, 5.41) is 12.7. The summed E-state index contributed by atoms with van der Waals surface area (Å²) in [5.41, 5.74) is 7.68. The quantitative estimate of drug-likeness (QED) is 0.557. The van der Waals surface area contributed by atoms with Crippen LogP contribution >= 0.6 is 0 Å². The third kappa shape index (κ3) is 4.66. The lowest BCUT2D eigenvalue weighted by molar-refractivity contribution is -0.142. The summed E-state index contributed by atoms with van der Waals surface area (Å²) in [7, 11) is 0.